The van der Waals surface area contributed by atoms with Crippen LogP contribution in [-0.4, -0.2) is 36.3 Å². The van der Waals surface area contributed by atoms with Crippen LogP contribution in [0.1, 0.15) is 36.3 Å². The van der Waals surface area contributed by atoms with Crippen LogP contribution < -0.4 is 4.74 Å². The maximum Gasteiger partial charge on any atom is 0.118 e. The van der Waals surface area contributed by atoms with Crippen molar-refractivity contribution in [1.29, 1.82) is 0 Å². The van der Waals surface area contributed by atoms with Crippen molar-refractivity contribution in [3.05, 3.63) is 65.7 Å². The Labute approximate surface area is 144 Å². The smallest absolute Gasteiger partial charge is 0.118 e. The van der Waals surface area contributed by atoms with Crippen molar-refractivity contribution in [2.45, 2.75) is 37.8 Å². The molecule has 1 fully saturated rings. The van der Waals surface area contributed by atoms with Crippen LogP contribution in [0.15, 0.2) is 54.6 Å². The Morgan fingerprint density at radius 1 is 1.04 bits per heavy atom. The molecule has 1 saturated carbocycles. The predicted molar refractivity (Wildman–Crippen MR) is 97.3 cm³/mol. The molecule has 3 rings (SSSR count). The van der Waals surface area contributed by atoms with E-state index in [-0.39, 0.29) is 6.61 Å². The molecule has 2 atom stereocenters. The standard InChI is InChI=1S/C21H27NO2/c1-24-19-12-10-18(11-13-19)20-8-5-9-21(20)22(14-15-23)16-17-6-3-2-4-7-17/h2-4,6-7,10-13,20-21,23H,5,8-9,14-16H2,1H3/t20-,21+/m0/s1. The lowest BCUT2D eigenvalue weighted by atomic mass is 9.92. The Morgan fingerprint density at radius 2 is 1.79 bits per heavy atom. The summed E-state index contributed by atoms with van der Waals surface area (Å²) in [4.78, 5) is 2.46. The minimum absolute atomic E-state index is 0.207. The molecule has 3 heteroatoms. The van der Waals surface area contributed by atoms with Gasteiger partial charge in [0.2, 0.25) is 0 Å². The van der Waals surface area contributed by atoms with Crippen molar-refractivity contribution in [2.75, 3.05) is 20.3 Å². The van der Waals surface area contributed by atoms with E-state index in [1.807, 2.05) is 0 Å². The fraction of sp³-hybridized carbons (Fsp3) is 0.429. The topological polar surface area (TPSA) is 32.7 Å². The zero-order valence-corrected chi connectivity index (χ0v) is 14.4. The monoisotopic (exact) mass is 325 g/mol. The van der Waals surface area contributed by atoms with Crippen LogP contribution in [-0.2, 0) is 6.54 Å². The Morgan fingerprint density at radius 3 is 2.46 bits per heavy atom. The van der Waals surface area contributed by atoms with Crippen molar-refractivity contribution in [2.24, 2.45) is 0 Å². The maximum atomic E-state index is 9.54. The van der Waals surface area contributed by atoms with Crippen LogP contribution in [0.3, 0.4) is 0 Å². The summed E-state index contributed by atoms with van der Waals surface area (Å²) in [7, 11) is 1.70. The average Bonchev–Trinajstić information content (AvgIpc) is 3.12. The van der Waals surface area contributed by atoms with Gasteiger partial charge in [-0.15, -0.1) is 0 Å². The van der Waals surface area contributed by atoms with E-state index in [4.69, 9.17) is 4.74 Å². The number of aliphatic hydroxyl groups is 1. The number of nitrogens with zero attached hydrogens (tertiary/aromatic N) is 1. The first kappa shape index (κ1) is 17.0. The van der Waals surface area contributed by atoms with Gasteiger partial charge in [0.1, 0.15) is 5.75 Å². The lowest BCUT2D eigenvalue weighted by Gasteiger charge is -2.33. The lowest BCUT2D eigenvalue weighted by molar-refractivity contribution is 0.135. The van der Waals surface area contributed by atoms with Crippen LogP contribution in [0.25, 0.3) is 0 Å². The van der Waals surface area contributed by atoms with E-state index in [1.165, 1.54) is 30.4 Å². The van der Waals surface area contributed by atoms with Crippen molar-refractivity contribution in [1.82, 2.24) is 4.90 Å². The van der Waals surface area contributed by atoms with Crippen LogP contribution in [0.5, 0.6) is 5.75 Å². The summed E-state index contributed by atoms with van der Waals surface area (Å²) >= 11 is 0. The zero-order valence-electron chi connectivity index (χ0n) is 14.4. The molecular formula is C21H27NO2. The van der Waals surface area contributed by atoms with Crippen LogP contribution >= 0.6 is 0 Å². The highest BCUT2D eigenvalue weighted by Gasteiger charge is 2.32. The maximum absolute atomic E-state index is 9.54. The molecule has 0 spiro atoms. The molecule has 24 heavy (non-hydrogen) atoms. The number of aliphatic hydroxyl groups excluding tert-OH is 1. The molecule has 1 N–H and O–H groups in total. The molecule has 0 aliphatic heterocycles. The minimum Gasteiger partial charge on any atom is -0.497 e. The number of benzene rings is 2. The molecule has 0 saturated heterocycles. The van der Waals surface area contributed by atoms with E-state index in [0.29, 0.717) is 12.0 Å². The van der Waals surface area contributed by atoms with E-state index in [1.54, 1.807) is 7.11 Å². The van der Waals surface area contributed by atoms with Crippen LogP contribution in [0.2, 0.25) is 0 Å². The largest absolute Gasteiger partial charge is 0.497 e. The summed E-state index contributed by atoms with van der Waals surface area (Å²) in [5, 5.41) is 9.54. The molecular weight excluding hydrogens is 298 g/mol. The van der Waals surface area contributed by atoms with Crippen LogP contribution in [0.4, 0.5) is 0 Å². The van der Waals surface area contributed by atoms with Gasteiger partial charge in [0.25, 0.3) is 0 Å². The zero-order chi connectivity index (χ0) is 16.8. The Balaban J connectivity index is 1.77. The third-order valence-electron chi connectivity index (χ3n) is 5.11. The predicted octanol–water partition coefficient (Wildman–Crippen LogP) is 3.83. The summed E-state index contributed by atoms with van der Waals surface area (Å²) in [6.07, 6.45) is 3.66. The number of rotatable bonds is 7. The molecule has 0 bridgehead atoms. The number of hydrogen-bond acceptors (Lipinski definition) is 3. The van der Waals surface area contributed by atoms with Gasteiger partial charge < -0.3 is 9.84 Å². The second kappa shape index (κ2) is 8.32. The minimum atomic E-state index is 0.207. The quantitative estimate of drug-likeness (QED) is 0.840. The summed E-state index contributed by atoms with van der Waals surface area (Å²) in [6.45, 7) is 1.84. The Kier molecular flexibility index (Phi) is 5.89. The van der Waals surface area contributed by atoms with Crippen molar-refractivity contribution >= 4 is 0 Å². The third kappa shape index (κ3) is 3.97. The van der Waals surface area contributed by atoms with Gasteiger partial charge in [0.05, 0.1) is 13.7 Å². The number of methoxy groups -OCH3 is 1. The van der Waals surface area contributed by atoms with Crippen molar-refractivity contribution in [3.8, 4) is 5.75 Å². The summed E-state index contributed by atoms with van der Waals surface area (Å²) in [6, 6.07) is 19.5. The van der Waals surface area contributed by atoms with Gasteiger partial charge in [0.15, 0.2) is 0 Å². The van der Waals surface area contributed by atoms with E-state index in [0.717, 1.165) is 18.8 Å². The van der Waals surface area contributed by atoms with Gasteiger partial charge in [0, 0.05) is 19.1 Å². The number of hydrogen-bond donors (Lipinski definition) is 1. The third-order valence-corrected chi connectivity index (χ3v) is 5.11. The molecule has 0 radical (unpaired) electrons. The highest BCUT2D eigenvalue weighted by molar-refractivity contribution is 5.31. The first-order valence-electron chi connectivity index (χ1n) is 8.84. The molecule has 2 aromatic rings. The molecule has 1 aliphatic rings. The highest BCUT2D eigenvalue weighted by atomic mass is 16.5. The SMILES string of the molecule is COc1ccc([C@@H]2CCC[C@H]2N(CCO)Cc2ccccc2)cc1. The van der Waals surface area contributed by atoms with Gasteiger partial charge in [-0.1, -0.05) is 48.9 Å². The van der Waals surface area contributed by atoms with E-state index in [2.05, 4.69) is 59.5 Å². The van der Waals surface area contributed by atoms with Gasteiger partial charge in [-0.25, -0.2) is 0 Å². The van der Waals surface area contributed by atoms with Gasteiger partial charge in [-0.3, -0.25) is 4.90 Å². The molecule has 0 aromatic heterocycles. The van der Waals surface area contributed by atoms with E-state index >= 15 is 0 Å². The second-order valence-electron chi connectivity index (χ2n) is 6.56. The van der Waals surface area contributed by atoms with E-state index in [9.17, 15) is 5.11 Å². The highest BCUT2D eigenvalue weighted by Crippen LogP contribution is 2.38. The van der Waals surface area contributed by atoms with Crippen molar-refractivity contribution < 1.29 is 9.84 Å². The van der Waals surface area contributed by atoms with E-state index < -0.39 is 0 Å². The molecule has 0 amide bonds. The van der Waals surface area contributed by atoms with Crippen LogP contribution in [0, 0.1) is 0 Å². The fourth-order valence-corrected chi connectivity index (χ4v) is 3.93. The Bertz CT molecular complexity index is 611. The summed E-state index contributed by atoms with van der Waals surface area (Å²) < 4.78 is 5.28. The summed E-state index contributed by atoms with van der Waals surface area (Å²) in [5.41, 5.74) is 2.70. The van der Waals surface area contributed by atoms with Gasteiger partial charge >= 0.3 is 0 Å². The average molecular weight is 325 g/mol. The summed E-state index contributed by atoms with van der Waals surface area (Å²) in [5.74, 6) is 1.44. The van der Waals surface area contributed by atoms with Gasteiger partial charge in [-0.05, 0) is 42.0 Å². The Hall–Kier alpha value is -1.84. The second-order valence-corrected chi connectivity index (χ2v) is 6.56. The van der Waals surface area contributed by atoms with Gasteiger partial charge in [-0.2, -0.15) is 0 Å². The number of ether oxygens (including phenoxy) is 1. The molecule has 0 unspecified atom stereocenters. The first-order valence-corrected chi connectivity index (χ1v) is 8.84. The molecule has 1 aliphatic carbocycles. The lowest BCUT2D eigenvalue weighted by Crippen LogP contribution is -2.38. The first-order chi connectivity index (χ1) is 11.8. The van der Waals surface area contributed by atoms with Crippen molar-refractivity contribution in [3.63, 3.8) is 0 Å². The molecule has 0 heterocycles. The molecule has 128 valence electrons. The normalized spacial score (nSPS) is 20.5. The molecule has 2 aromatic carbocycles. The molecule has 3 nitrogen and oxygen atoms in total. The fourth-order valence-electron chi connectivity index (χ4n) is 3.93.